The van der Waals surface area contributed by atoms with Gasteiger partial charge in [-0.3, -0.25) is 9.78 Å². The van der Waals surface area contributed by atoms with Gasteiger partial charge in [0.05, 0.1) is 18.7 Å². The Balaban J connectivity index is 1.63. The van der Waals surface area contributed by atoms with E-state index in [2.05, 4.69) is 9.97 Å². The molecule has 23 heavy (non-hydrogen) atoms. The summed E-state index contributed by atoms with van der Waals surface area (Å²) >= 11 is 1.52. The molecule has 0 aromatic carbocycles. The zero-order chi connectivity index (χ0) is 16.2. The summed E-state index contributed by atoms with van der Waals surface area (Å²) in [5, 5.41) is 2.80. The van der Waals surface area contributed by atoms with Crippen LogP contribution in [-0.4, -0.2) is 27.8 Å². The first-order chi connectivity index (χ1) is 11.1. The van der Waals surface area contributed by atoms with Crippen molar-refractivity contribution in [1.29, 1.82) is 0 Å². The van der Waals surface area contributed by atoms with Crippen LogP contribution in [0, 0.1) is 6.92 Å². The fraction of sp³-hybridized carbons (Fsp3) is 0.235. The summed E-state index contributed by atoms with van der Waals surface area (Å²) in [5.74, 6) is 1.65. The van der Waals surface area contributed by atoms with E-state index in [1.165, 1.54) is 11.3 Å². The van der Waals surface area contributed by atoms with Gasteiger partial charge in [-0.2, -0.15) is 0 Å². The van der Waals surface area contributed by atoms with Gasteiger partial charge in [-0.05, 0) is 31.2 Å². The number of amides is 1. The molecule has 0 radical (unpaired) electrons. The van der Waals surface area contributed by atoms with Gasteiger partial charge in [0.1, 0.15) is 16.5 Å². The summed E-state index contributed by atoms with van der Waals surface area (Å²) < 4.78 is 5.50. The molecule has 0 saturated carbocycles. The molecule has 0 spiro atoms. The molecule has 0 fully saturated rings. The maximum atomic E-state index is 12.3. The predicted molar refractivity (Wildman–Crippen MR) is 89.0 cm³/mol. The number of carbonyl (C=O) groups is 1. The molecular weight excluding hydrogens is 310 g/mol. The Hall–Kier alpha value is -2.47. The van der Waals surface area contributed by atoms with Crippen LogP contribution < -0.4 is 0 Å². The lowest BCUT2D eigenvalue weighted by molar-refractivity contribution is -0.129. The van der Waals surface area contributed by atoms with Crippen molar-refractivity contribution in [3.8, 4) is 10.6 Å². The predicted octanol–water partition coefficient (Wildman–Crippen LogP) is 3.31. The lowest BCUT2D eigenvalue weighted by Crippen LogP contribution is -2.27. The molecule has 1 amide bonds. The molecular formula is C17H17N3O2S. The van der Waals surface area contributed by atoms with E-state index in [9.17, 15) is 4.79 Å². The Morgan fingerprint density at radius 1 is 1.35 bits per heavy atom. The van der Waals surface area contributed by atoms with Gasteiger partial charge in [-0.1, -0.05) is 0 Å². The fourth-order valence-corrected chi connectivity index (χ4v) is 3.00. The van der Waals surface area contributed by atoms with Crippen molar-refractivity contribution in [3.05, 3.63) is 59.3 Å². The van der Waals surface area contributed by atoms with Crippen molar-refractivity contribution in [1.82, 2.24) is 14.9 Å². The number of furan rings is 1. The monoisotopic (exact) mass is 327 g/mol. The van der Waals surface area contributed by atoms with E-state index in [0.717, 1.165) is 27.8 Å². The van der Waals surface area contributed by atoms with Gasteiger partial charge in [0.15, 0.2) is 0 Å². The minimum absolute atomic E-state index is 0.0158. The van der Waals surface area contributed by atoms with Crippen LogP contribution in [0.1, 0.15) is 17.2 Å². The van der Waals surface area contributed by atoms with Crippen molar-refractivity contribution >= 4 is 17.2 Å². The average Bonchev–Trinajstić information content (AvgIpc) is 3.17. The molecule has 3 aromatic heterocycles. The summed E-state index contributed by atoms with van der Waals surface area (Å²) in [6.45, 7) is 2.35. The van der Waals surface area contributed by atoms with Crippen molar-refractivity contribution in [3.63, 3.8) is 0 Å². The Morgan fingerprint density at radius 3 is 2.91 bits per heavy atom. The Bertz CT molecular complexity index is 795. The second kappa shape index (κ2) is 6.75. The average molecular weight is 327 g/mol. The van der Waals surface area contributed by atoms with Crippen LogP contribution in [0.15, 0.2) is 46.5 Å². The van der Waals surface area contributed by atoms with Gasteiger partial charge < -0.3 is 9.32 Å². The third-order valence-electron chi connectivity index (χ3n) is 3.41. The summed E-state index contributed by atoms with van der Waals surface area (Å²) in [5.41, 5.74) is 1.75. The van der Waals surface area contributed by atoms with Crippen LogP contribution in [0.25, 0.3) is 10.6 Å². The van der Waals surface area contributed by atoms with E-state index in [-0.39, 0.29) is 12.3 Å². The molecule has 118 valence electrons. The highest BCUT2D eigenvalue weighted by Gasteiger charge is 2.14. The topological polar surface area (TPSA) is 59.2 Å². The second-order valence-corrected chi connectivity index (χ2v) is 6.18. The van der Waals surface area contributed by atoms with Gasteiger partial charge in [0.2, 0.25) is 5.91 Å². The van der Waals surface area contributed by atoms with Crippen LogP contribution in [0.3, 0.4) is 0 Å². The third-order valence-corrected chi connectivity index (χ3v) is 4.35. The quantitative estimate of drug-likeness (QED) is 0.721. The summed E-state index contributed by atoms with van der Waals surface area (Å²) in [6, 6.07) is 7.63. The van der Waals surface area contributed by atoms with Crippen LogP contribution in [0.2, 0.25) is 0 Å². The molecule has 5 nitrogen and oxygen atoms in total. The number of rotatable bonds is 5. The number of thiazole rings is 1. The van der Waals surface area contributed by atoms with E-state index < -0.39 is 0 Å². The first-order valence-corrected chi connectivity index (χ1v) is 8.14. The highest BCUT2D eigenvalue weighted by atomic mass is 32.1. The SMILES string of the molecule is Cc1ccc(CN(C)C(=O)Cc2csc(-c3cccnc3)n2)o1. The van der Waals surface area contributed by atoms with Crippen molar-refractivity contribution < 1.29 is 9.21 Å². The van der Waals surface area contributed by atoms with Crippen LogP contribution in [-0.2, 0) is 17.8 Å². The third kappa shape index (κ3) is 3.84. The highest BCUT2D eigenvalue weighted by molar-refractivity contribution is 7.13. The van der Waals surface area contributed by atoms with E-state index in [0.29, 0.717) is 6.54 Å². The maximum absolute atomic E-state index is 12.3. The van der Waals surface area contributed by atoms with Crippen LogP contribution in [0.5, 0.6) is 0 Å². The molecule has 0 bridgehead atoms. The standard InChI is InChI=1S/C17H17N3O2S/c1-12-5-6-15(22-12)10-20(2)16(21)8-14-11-23-17(19-14)13-4-3-7-18-9-13/h3-7,9,11H,8,10H2,1-2H3. The summed E-state index contributed by atoms with van der Waals surface area (Å²) in [4.78, 5) is 22.6. The number of likely N-dealkylation sites (N-methyl/N-ethyl adjacent to an activating group) is 1. The number of hydrogen-bond donors (Lipinski definition) is 0. The van der Waals surface area contributed by atoms with Crippen molar-refractivity contribution in [2.75, 3.05) is 7.05 Å². The molecule has 0 saturated heterocycles. The van der Waals surface area contributed by atoms with E-state index in [1.807, 2.05) is 36.6 Å². The van der Waals surface area contributed by atoms with Crippen LogP contribution >= 0.6 is 11.3 Å². The summed E-state index contributed by atoms with van der Waals surface area (Å²) in [7, 11) is 1.77. The number of pyridine rings is 1. The summed E-state index contributed by atoms with van der Waals surface area (Å²) in [6.07, 6.45) is 3.79. The van der Waals surface area contributed by atoms with Crippen molar-refractivity contribution in [2.45, 2.75) is 19.9 Å². The van der Waals surface area contributed by atoms with Gasteiger partial charge in [-0.15, -0.1) is 11.3 Å². The fourth-order valence-electron chi connectivity index (χ4n) is 2.19. The van der Waals surface area contributed by atoms with E-state index in [4.69, 9.17) is 4.42 Å². The smallest absolute Gasteiger partial charge is 0.228 e. The maximum Gasteiger partial charge on any atom is 0.228 e. The largest absolute Gasteiger partial charge is 0.464 e. The zero-order valence-electron chi connectivity index (χ0n) is 13.0. The Kier molecular flexibility index (Phi) is 4.52. The number of aromatic nitrogens is 2. The molecule has 3 aromatic rings. The molecule has 0 aliphatic carbocycles. The Labute approximate surface area is 138 Å². The number of nitrogens with zero attached hydrogens (tertiary/aromatic N) is 3. The molecule has 6 heteroatoms. The van der Waals surface area contributed by atoms with E-state index >= 15 is 0 Å². The lowest BCUT2D eigenvalue weighted by Gasteiger charge is -2.14. The van der Waals surface area contributed by atoms with Gasteiger partial charge in [0, 0.05) is 30.4 Å². The normalized spacial score (nSPS) is 10.7. The van der Waals surface area contributed by atoms with Gasteiger partial charge >= 0.3 is 0 Å². The van der Waals surface area contributed by atoms with Gasteiger partial charge in [0.25, 0.3) is 0 Å². The molecule has 3 heterocycles. The first kappa shape index (κ1) is 15.4. The molecule has 0 atom stereocenters. The molecule has 0 unspecified atom stereocenters. The molecule has 0 N–H and O–H groups in total. The lowest BCUT2D eigenvalue weighted by atomic mass is 10.3. The molecule has 0 aliphatic rings. The second-order valence-electron chi connectivity index (χ2n) is 5.32. The van der Waals surface area contributed by atoms with Gasteiger partial charge in [-0.25, -0.2) is 4.98 Å². The minimum atomic E-state index is 0.0158. The number of carbonyl (C=O) groups excluding carboxylic acids is 1. The first-order valence-electron chi connectivity index (χ1n) is 7.26. The zero-order valence-corrected chi connectivity index (χ0v) is 13.8. The highest BCUT2D eigenvalue weighted by Crippen LogP contribution is 2.23. The van der Waals surface area contributed by atoms with Crippen molar-refractivity contribution in [2.24, 2.45) is 0 Å². The molecule has 3 rings (SSSR count). The molecule has 0 aliphatic heterocycles. The minimum Gasteiger partial charge on any atom is -0.464 e. The Morgan fingerprint density at radius 2 is 2.22 bits per heavy atom. The number of aryl methyl sites for hydroxylation is 1. The van der Waals surface area contributed by atoms with Crippen LogP contribution in [0.4, 0.5) is 0 Å². The number of hydrogen-bond acceptors (Lipinski definition) is 5. The van der Waals surface area contributed by atoms with E-state index in [1.54, 1.807) is 24.3 Å².